The zero-order chi connectivity index (χ0) is 11.5. The van der Waals surface area contributed by atoms with Gasteiger partial charge in [-0.2, -0.15) is 0 Å². The van der Waals surface area contributed by atoms with E-state index in [0.717, 1.165) is 22.6 Å². The molecule has 0 aliphatic rings. The van der Waals surface area contributed by atoms with E-state index >= 15 is 0 Å². The number of nitrogen functional groups attached to an aromatic ring is 1. The number of nitrogens with two attached hydrogens (primary N) is 1. The van der Waals surface area contributed by atoms with E-state index in [1.165, 1.54) is 0 Å². The summed E-state index contributed by atoms with van der Waals surface area (Å²) in [5, 5.41) is 0. The minimum atomic E-state index is 0.525. The first kappa shape index (κ1) is 10.4. The fourth-order valence-corrected chi connectivity index (χ4v) is 1.56. The number of methoxy groups -OCH3 is 1. The number of ether oxygens (including phenoxy) is 1. The van der Waals surface area contributed by atoms with Crippen molar-refractivity contribution in [2.45, 2.75) is 6.92 Å². The van der Waals surface area contributed by atoms with Crippen molar-refractivity contribution in [3.8, 4) is 16.9 Å². The predicted molar refractivity (Wildman–Crippen MR) is 63.2 cm³/mol. The van der Waals surface area contributed by atoms with E-state index in [4.69, 9.17) is 10.5 Å². The molecule has 2 N–H and O–H groups in total. The molecular weight excluding hydrogens is 202 g/mol. The van der Waals surface area contributed by atoms with Gasteiger partial charge >= 0.3 is 0 Å². The van der Waals surface area contributed by atoms with Crippen molar-refractivity contribution in [3.05, 3.63) is 36.3 Å². The predicted octanol–water partition coefficient (Wildman–Crippen LogP) is 2.04. The Bertz CT molecular complexity index is 511. The molecule has 2 aromatic rings. The monoisotopic (exact) mass is 215 g/mol. The SMILES string of the molecule is COc1cncc(-c2ccc(N)nc2C)c1. The minimum absolute atomic E-state index is 0.525. The molecule has 0 radical (unpaired) electrons. The van der Waals surface area contributed by atoms with Gasteiger partial charge in [0, 0.05) is 23.0 Å². The smallest absolute Gasteiger partial charge is 0.137 e. The van der Waals surface area contributed by atoms with Crippen LogP contribution in [-0.4, -0.2) is 17.1 Å². The maximum Gasteiger partial charge on any atom is 0.137 e. The van der Waals surface area contributed by atoms with E-state index in [0.29, 0.717) is 5.82 Å². The number of aromatic nitrogens is 2. The molecule has 0 saturated carbocycles. The zero-order valence-electron chi connectivity index (χ0n) is 9.27. The van der Waals surface area contributed by atoms with Gasteiger partial charge in [0.25, 0.3) is 0 Å². The maximum atomic E-state index is 5.61. The average Bonchev–Trinajstić information content (AvgIpc) is 2.29. The van der Waals surface area contributed by atoms with Gasteiger partial charge in [0.15, 0.2) is 0 Å². The Morgan fingerprint density at radius 2 is 2.06 bits per heavy atom. The first-order valence-corrected chi connectivity index (χ1v) is 4.93. The van der Waals surface area contributed by atoms with Crippen LogP contribution >= 0.6 is 0 Å². The van der Waals surface area contributed by atoms with Crippen LogP contribution in [0.2, 0.25) is 0 Å². The van der Waals surface area contributed by atoms with E-state index in [1.54, 1.807) is 25.6 Å². The summed E-state index contributed by atoms with van der Waals surface area (Å²) in [4.78, 5) is 8.33. The lowest BCUT2D eigenvalue weighted by atomic mass is 10.1. The number of hydrogen-bond acceptors (Lipinski definition) is 4. The molecule has 16 heavy (non-hydrogen) atoms. The van der Waals surface area contributed by atoms with Gasteiger partial charge in [0.2, 0.25) is 0 Å². The summed E-state index contributed by atoms with van der Waals surface area (Å²) in [7, 11) is 1.62. The van der Waals surface area contributed by atoms with Crippen molar-refractivity contribution >= 4 is 5.82 Å². The van der Waals surface area contributed by atoms with Crippen LogP contribution in [0.3, 0.4) is 0 Å². The number of anilines is 1. The number of aryl methyl sites for hydroxylation is 1. The van der Waals surface area contributed by atoms with E-state index in [2.05, 4.69) is 9.97 Å². The van der Waals surface area contributed by atoms with Gasteiger partial charge in [-0.25, -0.2) is 4.98 Å². The van der Waals surface area contributed by atoms with Gasteiger partial charge in [-0.1, -0.05) is 0 Å². The van der Waals surface area contributed by atoms with Gasteiger partial charge in [-0.05, 0) is 25.1 Å². The summed E-state index contributed by atoms with van der Waals surface area (Å²) in [6.45, 7) is 1.92. The lowest BCUT2D eigenvalue weighted by Gasteiger charge is -2.07. The summed E-state index contributed by atoms with van der Waals surface area (Å²) in [5.74, 6) is 1.26. The standard InChI is InChI=1S/C12H13N3O/c1-8-11(3-4-12(13)15-8)9-5-10(16-2)7-14-6-9/h3-7H,1-2H3,(H2,13,15). The summed E-state index contributed by atoms with van der Waals surface area (Å²) < 4.78 is 5.13. The van der Waals surface area contributed by atoms with Gasteiger partial charge < -0.3 is 10.5 Å². The van der Waals surface area contributed by atoms with Crippen molar-refractivity contribution in [3.63, 3.8) is 0 Å². The van der Waals surface area contributed by atoms with E-state index in [1.807, 2.05) is 19.1 Å². The fraction of sp³-hybridized carbons (Fsp3) is 0.167. The average molecular weight is 215 g/mol. The third-order valence-corrected chi connectivity index (χ3v) is 2.37. The molecule has 0 bridgehead atoms. The summed E-state index contributed by atoms with van der Waals surface area (Å²) in [6, 6.07) is 5.64. The second-order valence-corrected chi connectivity index (χ2v) is 3.48. The maximum absolute atomic E-state index is 5.61. The lowest BCUT2D eigenvalue weighted by molar-refractivity contribution is 0.413. The quantitative estimate of drug-likeness (QED) is 0.832. The number of pyridine rings is 2. The largest absolute Gasteiger partial charge is 0.495 e. The third-order valence-electron chi connectivity index (χ3n) is 2.37. The van der Waals surface area contributed by atoms with Gasteiger partial charge in [-0.15, -0.1) is 0 Å². The molecule has 0 aliphatic heterocycles. The van der Waals surface area contributed by atoms with E-state index < -0.39 is 0 Å². The van der Waals surface area contributed by atoms with Crippen molar-refractivity contribution in [2.24, 2.45) is 0 Å². The van der Waals surface area contributed by atoms with E-state index in [-0.39, 0.29) is 0 Å². The second kappa shape index (κ2) is 4.18. The van der Waals surface area contributed by atoms with Crippen LogP contribution in [0.5, 0.6) is 5.75 Å². The van der Waals surface area contributed by atoms with Crippen LogP contribution in [-0.2, 0) is 0 Å². The summed E-state index contributed by atoms with van der Waals surface area (Å²) in [5.41, 5.74) is 8.49. The van der Waals surface area contributed by atoms with Gasteiger partial charge in [0.1, 0.15) is 11.6 Å². The van der Waals surface area contributed by atoms with Crippen LogP contribution in [0.1, 0.15) is 5.69 Å². The minimum Gasteiger partial charge on any atom is -0.495 e. The number of nitrogens with zero attached hydrogens (tertiary/aromatic N) is 2. The molecule has 4 heteroatoms. The van der Waals surface area contributed by atoms with Crippen LogP contribution in [0.15, 0.2) is 30.6 Å². The topological polar surface area (TPSA) is 61.0 Å². The zero-order valence-corrected chi connectivity index (χ0v) is 9.27. The first-order valence-electron chi connectivity index (χ1n) is 4.93. The molecule has 0 amide bonds. The molecule has 0 unspecified atom stereocenters. The Balaban J connectivity index is 2.49. The first-order chi connectivity index (χ1) is 7.70. The molecule has 0 aromatic carbocycles. The molecule has 2 rings (SSSR count). The lowest BCUT2D eigenvalue weighted by Crippen LogP contribution is -1.94. The van der Waals surface area contributed by atoms with Crippen molar-refractivity contribution in [2.75, 3.05) is 12.8 Å². The highest BCUT2D eigenvalue weighted by Crippen LogP contribution is 2.25. The Kier molecular flexibility index (Phi) is 2.72. The Hall–Kier alpha value is -2.10. The van der Waals surface area contributed by atoms with Crippen molar-refractivity contribution in [1.29, 1.82) is 0 Å². The van der Waals surface area contributed by atoms with E-state index in [9.17, 15) is 0 Å². The molecule has 0 spiro atoms. The Morgan fingerprint density at radius 1 is 1.25 bits per heavy atom. The third kappa shape index (κ3) is 1.95. The second-order valence-electron chi connectivity index (χ2n) is 3.48. The Morgan fingerprint density at radius 3 is 2.75 bits per heavy atom. The highest BCUT2D eigenvalue weighted by molar-refractivity contribution is 5.67. The molecule has 0 saturated heterocycles. The molecule has 0 aliphatic carbocycles. The van der Waals surface area contributed by atoms with Crippen molar-refractivity contribution in [1.82, 2.24) is 9.97 Å². The van der Waals surface area contributed by atoms with Crippen LogP contribution in [0, 0.1) is 6.92 Å². The van der Waals surface area contributed by atoms with Crippen LogP contribution in [0.25, 0.3) is 11.1 Å². The highest BCUT2D eigenvalue weighted by Gasteiger charge is 2.04. The molecular formula is C12H13N3O. The normalized spacial score (nSPS) is 10.1. The molecule has 82 valence electrons. The molecule has 0 atom stereocenters. The molecule has 4 nitrogen and oxygen atoms in total. The van der Waals surface area contributed by atoms with Crippen LogP contribution in [0.4, 0.5) is 5.82 Å². The number of hydrogen-bond donors (Lipinski definition) is 1. The summed E-state index contributed by atoms with van der Waals surface area (Å²) in [6.07, 6.45) is 3.45. The van der Waals surface area contributed by atoms with Gasteiger partial charge in [-0.3, -0.25) is 4.98 Å². The molecule has 0 fully saturated rings. The highest BCUT2D eigenvalue weighted by atomic mass is 16.5. The molecule has 2 heterocycles. The van der Waals surface area contributed by atoms with Gasteiger partial charge in [0.05, 0.1) is 13.3 Å². The number of rotatable bonds is 2. The van der Waals surface area contributed by atoms with Crippen LogP contribution < -0.4 is 10.5 Å². The fourth-order valence-electron chi connectivity index (χ4n) is 1.56. The summed E-state index contributed by atoms with van der Waals surface area (Å²) >= 11 is 0. The molecule has 2 aromatic heterocycles. The Labute approximate surface area is 94.1 Å². The van der Waals surface area contributed by atoms with Crippen molar-refractivity contribution < 1.29 is 4.74 Å².